The zero-order valence-electron chi connectivity index (χ0n) is 15.7. The molecule has 3 rings (SSSR count). The second-order valence-electron chi connectivity index (χ2n) is 6.68. The zero-order valence-corrected chi connectivity index (χ0v) is 15.7. The highest BCUT2D eigenvalue weighted by Gasteiger charge is 2.34. The first-order valence-corrected chi connectivity index (χ1v) is 9.21. The maximum Gasteiger partial charge on any atom is 0.401 e. The lowest BCUT2D eigenvalue weighted by atomic mass is 10.2. The maximum absolute atomic E-state index is 12.5. The summed E-state index contributed by atoms with van der Waals surface area (Å²) in [5.41, 5.74) is 1.93. The van der Waals surface area contributed by atoms with Gasteiger partial charge in [-0.3, -0.25) is 4.90 Å². The lowest BCUT2D eigenvalue weighted by Gasteiger charge is -2.19. The van der Waals surface area contributed by atoms with Gasteiger partial charge in [-0.2, -0.15) is 18.3 Å². The number of likely N-dealkylation sites (tertiary alicyclic amines) is 1. The fourth-order valence-corrected chi connectivity index (χ4v) is 3.13. The second kappa shape index (κ2) is 9.05. The fourth-order valence-electron chi connectivity index (χ4n) is 3.13. The van der Waals surface area contributed by atoms with E-state index in [2.05, 4.69) is 25.7 Å². The van der Waals surface area contributed by atoms with Gasteiger partial charge in [0.1, 0.15) is 12.7 Å². The summed E-state index contributed by atoms with van der Waals surface area (Å²) < 4.78 is 39.3. The summed E-state index contributed by atoms with van der Waals surface area (Å²) in [6.45, 7) is 3.02. The summed E-state index contributed by atoms with van der Waals surface area (Å²) in [7, 11) is 0. The van der Waals surface area contributed by atoms with Crippen molar-refractivity contribution in [2.75, 3.05) is 26.2 Å². The molecule has 0 saturated carbocycles. The van der Waals surface area contributed by atoms with E-state index in [-0.39, 0.29) is 6.04 Å². The van der Waals surface area contributed by atoms with Gasteiger partial charge in [-0.05, 0) is 31.0 Å². The lowest BCUT2D eigenvalue weighted by molar-refractivity contribution is -0.143. The lowest BCUT2D eigenvalue weighted by Crippen LogP contribution is -2.45. The average Bonchev–Trinajstić information content (AvgIpc) is 3.31. The molecule has 7 nitrogen and oxygen atoms in total. The normalized spacial score (nSPS) is 18.4. The van der Waals surface area contributed by atoms with Crippen molar-refractivity contribution in [1.82, 2.24) is 30.3 Å². The van der Waals surface area contributed by atoms with Crippen LogP contribution in [0.15, 0.2) is 41.9 Å². The standard InChI is InChI=1S/C18H24F3N7/c1-2-23-17(26-15-7-8-27(10-15)11-18(19,20)21)24-9-14-3-5-16(6-4-14)28-13-22-12-25-28/h3-6,12-13,15H,2,7-11H2,1H3,(H2,23,24,26). The molecule has 0 aliphatic carbocycles. The Morgan fingerprint density at radius 1 is 1.29 bits per heavy atom. The first kappa shape index (κ1) is 20.1. The predicted octanol–water partition coefficient (Wildman–Crippen LogP) is 1.96. The van der Waals surface area contributed by atoms with Crippen molar-refractivity contribution < 1.29 is 13.2 Å². The number of alkyl halides is 3. The van der Waals surface area contributed by atoms with Gasteiger partial charge >= 0.3 is 6.18 Å². The molecule has 152 valence electrons. The fraction of sp³-hybridized carbons (Fsp3) is 0.500. The SMILES string of the molecule is CCNC(=NCc1ccc(-n2cncn2)cc1)NC1CCN(CC(F)(F)F)C1. The molecule has 2 heterocycles. The summed E-state index contributed by atoms with van der Waals surface area (Å²) in [5.74, 6) is 0.613. The van der Waals surface area contributed by atoms with Crippen LogP contribution in [0.1, 0.15) is 18.9 Å². The van der Waals surface area contributed by atoms with Crippen LogP contribution in [0.4, 0.5) is 13.2 Å². The number of benzene rings is 1. The van der Waals surface area contributed by atoms with Gasteiger partial charge in [0.2, 0.25) is 0 Å². The monoisotopic (exact) mass is 395 g/mol. The van der Waals surface area contributed by atoms with E-state index in [1.165, 1.54) is 11.2 Å². The highest BCUT2D eigenvalue weighted by molar-refractivity contribution is 5.80. The molecule has 1 aromatic carbocycles. The number of aromatic nitrogens is 3. The molecule has 0 amide bonds. The number of aliphatic imine (C=N–C) groups is 1. The summed E-state index contributed by atoms with van der Waals surface area (Å²) >= 11 is 0. The van der Waals surface area contributed by atoms with Crippen molar-refractivity contribution in [3.8, 4) is 5.69 Å². The molecular weight excluding hydrogens is 371 g/mol. The molecule has 2 N–H and O–H groups in total. The highest BCUT2D eigenvalue weighted by atomic mass is 19.4. The molecule has 1 unspecified atom stereocenters. The van der Waals surface area contributed by atoms with Crippen LogP contribution in [0.5, 0.6) is 0 Å². The molecule has 0 radical (unpaired) electrons. The summed E-state index contributed by atoms with van der Waals surface area (Å²) in [6, 6.07) is 7.75. The number of rotatable bonds is 6. The zero-order chi connectivity index (χ0) is 20.0. The predicted molar refractivity (Wildman–Crippen MR) is 100 cm³/mol. The van der Waals surface area contributed by atoms with Crippen molar-refractivity contribution in [2.24, 2.45) is 4.99 Å². The molecule has 0 bridgehead atoms. The van der Waals surface area contributed by atoms with Crippen molar-refractivity contribution >= 4 is 5.96 Å². The van der Waals surface area contributed by atoms with Crippen molar-refractivity contribution in [2.45, 2.75) is 32.1 Å². The van der Waals surface area contributed by atoms with Crippen LogP contribution in [-0.2, 0) is 6.54 Å². The third-order valence-electron chi connectivity index (χ3n) is 4.40. The molecule has 1 aliphatic rings. The molecule has 1 aromatic heterocycles. The molecule has 1 atom stereocenters. The first-order chi connectivity index (χ1) is 13.4. The molecule has 28 heavy (non-hydrogen) atoms. The average molecular weight is 395 g/mol. The number of halogens is 3. The highest BCUT2D eigenvalue weighted by Crippen LogP contribution is 2.20. The third-order valence-corrected chi connectivity index (χ3v) is 4.40. The maximum atomic E-state index is 12.5. The number of nitrogens with one attached hydrogen (secondary N) is 2. The van der Waals surface area contributed by atoms with Gasteiger partial charge in [-0.1, -0.05) is 12.1 Å². The van der Waals surface area contributed by atoms with Gasteiger partial charge in [0, 0.05) is 25.7 Å². The number of hydrogen-bond donors (Lipinski definition) is 2. The Labute approximate surface area is 161 Å². The van der Waals surface area contributed by atoms with E-state index in [1.54, 1.807) is 11.0 Å². The van der Waals surface area contributed by atoms with Gasteiger partial charge in [-0.25, -0.2) is 14.7 Å². The Balaban J connectivity index is 1.55. The Kier molecular flexibility index (Phi) is 6.50. The number of guanidine groups is 1. The van der Waals surface area contributed by atoms with Gasteiger partial charge in [0.05, 0.1) is 18.8 Å². The van der Waals surface area contributed by atoms with E-state index in [0.29, 0.717) is 38.6 Å². The van der Waals surface area contributed by atoms with E-state index in [0.717, 1.165) is 11.3 Å². The van der Waals surface area contributed by atoms with Gasteiger partial charge in [0.25, 0.3) is 0 Å². The van der Waals surface area contributed by atoms with Crippen LogP contribution in [-0.4, -0.2) is 64.0 Å². The Hall–Kier alpha value is -2.62. The van der Waals surface area contributed by atoms with E-state index in [9.17, 15) is 13.2 Å². The molecule has 2 aromatic rings. The Morgan fingerprint density at radius 2 is 2.07 bits per heavy atom. The summed E-state index contributed by atoms with van der Waals surface area (Å²) in [4.78, 5) is 9.90. The minimum atomic E-state index is -4.16. The van der Waals surface area contributed by atoms with Crippen LogP contribution in [0.25, 0.3) is 5.69 Å². The molecule has 0 spiro atoms. The number of nitrogens with zero attached hydrogens (tertiary/aromatic N) is 5. The van der Waals surface area contributed by atoms with Crippen molar-refractivity contribution in [3.63, 3.8) is 0 Å². The van der Waals surface area contributed by atoms with E-state index in [4.69, 9.17) is 0 Å². The smallest absolute Gasteiger partial charge is 0.357 e. The first-order valence-electron chi connectivity index (χ1n) is 9.21. The molecule has 1 fully saturated rings. The van der Waals surface area contributed by atoms with E-state index < -0.39 is 12.7 Å². The van der Waals surface area contributed by atoms with Gasteiger partial charge in [0.15, 0.2) is 5.96 Å². The molecular formula is C18H24F3N7. The summed E-state index contributed by atoms with van der Waals surface area (Å²) in [5, 5.41) is 10.5. The quantitative estimate of drug-likeness (QED) is 0.578. The van der Waals surface area contributed by atoms with Crippen LogP contribution >= 0.6 is 0 Å². The van der Waals surface area contributed by atoms with Crippen LogP contribution in [0.3, 0.4) is 0 Å². The van der Waals surface area contributed by atoms with Crippen LogP contribution in [0.2, 0.25) is 0 Å². The van der Waals surface area contributed by atoms with E-state index >= 15 is 0 Å². The van der Waals surface area contributed by atoms with Crippen LogP contribution in [0, 0.1) is 0 Å². The van der Waals surface area contributed by atoms with Crippen LogP contribution < -0.4 is 10.6 Å². The Morgan fingerprint density at radius 3 is 2.71 bits per heavy atom. The molecule has 1 saturated heterocycles. The topological polar surface area (TPSA) is 70.4 Å². The Bertz CT molecular complexity index is 756. The molecule has 1 aliphatic heterocycles. The van der Waals surface area contributed by atoms with Crippen molar-refractivity contribution in [3.05, 3.63) is 42.5 Å². The largest absolute Gasteiger partial charge is 0.401 e. The third kappa shape index (κ3) is 5.95. The molecule has 10 heteroatoms. The number of hydrogen-bond acceptors (Lipinski definition) is 4. The van der Waals surface area contributed by atoms with Gasteiger partial charge < -0.3 is 10.6 Å². The summed E-state index contributed by atoms with van der Waals surface area (Å²) in [6.07, 6.45) is -0.394. The second-order valence-corrected chi connectivity index (χ2v) is 6.68. The van der Waals surface area contributed by atoms with E-state index in [1.807, 2.05) is 31.2 Å². The minimum Gasteiger partial charge on any atom is -0.357 e. The van der Waals surface area contributed by atoms with Crippen molar-refractivity contribution in [1.29, 1.82) is 0 Å². The minimum absolute atomic E-state index is 0.0464. The van der Waals surface area contributed by atoms with Gasteiger partial charge in [-0.15, -0.1) is 0 Å².